The van der Waals surface area contributed by atoms with Gasteiger partial charge >= 0.3 is 0 Å². The number of ether oxygens (including phenoxy) is 1. The minimum atomic E-state index is -0.547. The largest absolute Gasteiger partial charge is 0.493 e. The lowest BCUT2D eigenvalue weighted by atomic mass is 10.1. The topological polar surface area (TPSA) is 197 Å². The Morgan fingerprint density at radius 3 is 2.53 bits per heavy atom. The van der Waals surface area contributed by atoms with Crippen molar-refractivity contribution >= 4 is 69.6 Å². The van der Waals surface area contributed by atoms with E-state index in [2.05, 4.69) is 32.2 Å². The van der Waals surface area contributed by atoms with E-state index in [0.717, 1.165) is 11.1 Å². The number of anilines is 2. The summed E-state index contributed by atoms with van der Waals surface area (Å²) in [6, 6.07) is 10.1. The van der Waals surface area contributed by atoms with Crippen molar-refractivity contribution in [2.24, 2.45) is 26.1 Å². The Labute approximate surface area is 355 Å². The smallest absolute Gasteiger partial charge is 0.291 e. The van der Waals surface area contributed by atoms with Gasteiger partial charge in [-0.05, 0) is 68.1 Å². The van der Waals surface area contributed by atoms with Crippen molar-refractivity contribution in [1.82, 2.24) is 33.1 Å². The summed E-state index contributed by atoms with van der Waals surface area (Å²) in [4.78, 5) is 93.1. The summed E-state index contributed by atoms with van der Waals surface area (Å²) in [6.07, 6.45) is 10.9. The third kappa shape index (κ3) is 8.11. The Kier molecular flexibility index (Phi) is 10.9. The van der Waals surface area contributed by atoms with Crippen LogP contribution in [-0.4, -0.2) is 93.7 Å². The first-order chi connectivity index (χ1) is 29.6. The van der Waals surface area contributed by atoms with Gasteiger partial charge in [-0.1, -0.05) is 12.2 Å². The molecule has 0 aliphatic carbocycles. The van der Waals surface area contributed by atoms with E-state index in [1.165, 1.54) is 28.5 Å². The summed E-state index contributed by atoms with van der Waals surface area (Å²) >= 11 is 0. The number of pyridine rings is 1. The van der Waals surface area contributed by atoms with Crippen molar-refractivity contribution in [3.63, 3.8) is 0 Å². The highest BCUT2D eigenvalue weighted by Gasteiger charge is 2.34. The summed E-state index contributed by atoms with van der Waals surface area (Å²) in [5, 5.41) is 6.17. The molecule has 5 aromatic heterocycles. The molecule has 0 saturated carbocycles. The number of nitrogens with one attached hydrogen (secondary N) is 2. The van der Waals surface area contributed by atoms with Crippen LogP contribution in [0.15, 0.2) is 84.5 Å². The van der Waals surface area contributed by atoms with Crippen LogP contribution in [-0.2, 0) is 32.4 Å². The number of amides is 3. The zero-order valence-electron chi connectivity index (χ0n) is 34.9. The molecular formula is C45H44N10O7. The van der Waals surface area contributed by atoms with Gasteiger partial charge in [0.2, 0.25) is 11.7 Å². The fourth-order valence-electron chi connectivity index (χ4n) is 7.79. The molecule has 17 nitrogen and oxygen atoms in total. The molecule has 1 saturated heterocycles. The third-order valence-corrected chi connectivity index (χ3v) is 11.0. The Balaban J connectivity index is 0.832. The molecule has 17 heteroatoms. The molecular weight excluding hydrogens is 793 g/mol. The van der Waals surface area contributed by atoms with Crippen molar-refractivity contribution in [2.75, 3.05) is 23.8 Å². The van der Waals surface area contributed by atoms with Gasteiger partial charge in [-0.25, -0.2) is 9.97 Å². The Bertz CT molecular complexity index is 2910. The molecule has 0 unspecified atom stereocenters. The van der Waals surface area contributed by atoms with Crippen LogP contribution in [0.2, 0.25) is 0 Å². The van der Waals surface area contributed by atoms with Gasteiger partial charge < -0.3 is 34.0 Å². The van der Waals surface area contributed by atoms with E-state index in [1.807, 2.05) is 6.92 Å². The average molecular weight is 837 g/mol. The van der Waals surface area contributed by atoms with Crippen molar-refractivity contribution in [1.29, 1.82) is 0 Å². The second-order valence-electron chi connectivity index (χ2n) is 15.7. The highest BCUT2D eigenvalue weighted by Crippen LogP contribution is 2.35. The monoisotopic (exact) mass is 836 g/mol. The standard InChI is InChI=1S/C45H44N10O7/c1-25-12-32-20-46-34-18-38(26(2)13-33(34)44(60)55(32)21-25)62-11-7-8-40(58)49-39-24-53(6)42(50-39)43(59)48-31-17-35(52(5)23-31)37(57)15-28-14-36(51(4)22-28)45(61)54-10-9-29-16-30(27(3)56)19-47-41(29)54/h9-10,13-14,16-20,22-24,32H,1,7-8,11-12,15,21H2,2-6H3,(H,48,59)(H,49,58)/t32-/m0/s1. The van der Waals surface area contributed by atoms with Gasteiger partial charge in [0.15, 0.2) is 17.4 Å². The van der Waals surface area contributed by atoms with E-state index in [1.54, 1.807) is 96.4 Å². The van der Waals surface area contributed by atoms with Gasteiger partial charge in [-0.3, -0.25) is 38.3 Å². The second kappa shape index (κ2) is 16.4. The number of aromatic nitrogens is 6. The maximum Gasteiger partial charge on any atom is 0.291 e. The normalized spacial score (nSPS) is 14.5. The number of Topliss-reactive ketones (excluding diaryl/α,β-unsaturated/α-hetero) is 2. The number of nitrogens with zero attached hydrogens (tertiary/aromatic N) is 8. The molecule has 316 valence electrons. The van der Waals surface area contributed by atoms with E-state index in [4.69, 9.17) is 4.74 Å². The molecule has 8 rings (SSSR count). The zero-order chi connectivity index (χ0) is 44.0. The molecule has 1 atom stereocenters. The van der Waals surface area contributed by atoms with Crippen molar-refractivity contribution in [3.05, 3.63) is 119 Å². The Hall–Kier alpha value is -7.69. The number of carbonyl (C=O) groups is 6. The lowest BCUT2D eigenvalue weighted by Crippen LogP contribution is -2.35. The van der Waals surface area contributed by atoms with Gasteiger partial charge in [-0.15, -0.1) is 0 Å². The number of carbonyl (C=O) groups excluding carboxylic acids is 6. The zero-order valence-corrected chi connectivity index (χ0v) is 34.9. The third-order valence-electron chi connectivity index (χ3n) is 11.0. The van der Waals surface area contributed by atoms with Crippen LogP contribution in [0.4, 0.5) is 17.2 Å². The highest BCUT2D eigenvalue weighted by atomic mass is 16.5. The molecule has 3 amide bonds. The number of ketones is 2. The summed E-state index contributed by atoms with van der Waals surface area (Å²) in [7, 11) is 5.04. The quantitative estimate of drug-likeness (QED) is 0.0844. The fraction of sp³-hybridized carbons (Fsp3) is 0.267. The van der Waals surface area contributed by atoms with Crippen molar-refractivity contribution in [3.8, 4) is 5.75 Å². The van der Waals surface area contributed by atoms with Gasteiger partial charge in [-0.2, -0.15) is 0 Å². The molecule has 0 spiro atoms. The summed E-state index contributed by atoms with van der Waals surface area (Å²) in [5.74, 6) is -0.810. The summed E-state index contributed by atoms with van der Waals surface area (Å²) < 4.78 is 12.1. The molecule has 1 fully saturated rings. The van der Waals surface area contributed by atoms with E-state index in [9.17, 15) is 28.8 Å². The van der Waals surface area contributed by atoms with Crippen molar-refractivity contribution in [2.45, 2.75) is 45.6 Å². The first-order valence-corrected chi connectivity index (χ1v) is 19.9. The van der Waals surface area contributed by atoms with Gasteiger partial charge in [0.1, 0.15) is 17.1 Å². The molecule has 6 aromatic rings. The van der Waals surface area contributed by atoms with Gasteiger partial charge in [0.05, 0.1) is 35.3 Å². The molecule has 7 heterocycles. The van der Waals surface area contributed by atoms with E-state index < -0.39 is 5.91 Å². The van der Waals surface area contributed by atoms with Crippen LogP contribution in [0.1, 0.15) is 89.6 Å². The Morgan fingerprint density at radius 1 is 0.952 bits per heavy atom. The van der Waals surface area contributed by atoms with E-state index >= 15 is 0 Å². The maximum absolute atomic E-state index is 13.5. The number of fused-ring (bicyclic) bond motifs is 3. The van der Waals surface area contributed by atoms with Crippen LogP contribution >= 0.6 is 0 Å². The molecule has 62 heavy (non-hydrogen) atoms. The van der Waals surface area contributed by atoms with E-state index in [0.29, 0.717) is 75.6 Å². The molecule has 0 bridgehead atoms. The predicted octanol–water partition coefficient (Wildman–Crippen LogP) is 5.61. The summed E-state index contributed by atoms with van der Waals surface area (Å²) in [6.45, 7) is 8.11. The number of imidazole rings is 1. The van der Waals surface area contributed by atoms with Crippen LogP contribution in [0.5, 0.6) is 5.75 Å². The first-order valence-electron chi connectivity index (χ1n) is 19.9. The summed E-state index contributed by atoms with van der Waals surface area (Å²) in [5.41, 5.74) is 5.40. The van der Waals surface area contributed by atoms with E-state index in [-0.39, 0.29) is 66.4 Å². The lowest BCUT2D eigenvalue weighted by molar-refractivity contribution is -0.116. The Morgan fingerprint density at radius 2 is 1.74 bits per heavy atom. The molecule has 1 aromatic carbocycles. The molecule has 2 N–H and O–H groups in total. The van der Waals surface area contributed by atoms with Crippen LogP contribution < -0.4 is 15.4 Å². The number of benzene rings is 1. The fourth-order valence-corrected chi connectivity index (χ4v) is 7.79. The van der Waals surface area contributed by atoms with Gasteiger partial charge in [0, 0.05) is 94.7 Å². The van der Waals surface area contributed by atoms with Crippen LogP contribution in [0, 0.1) is 6.92 Å². The maximum atomic E-state index is 13.5. The number of aryl methyl sites for hydroxylation is 4. The minimum Gasteiger partial charge on any atom is -0.493 e. The molecule has 2 aliphatic heterocycles. The second-order valence-corrected chi connectivity index (χ2v) is 15.7. The predicted molar refractivity (Wildman–Crippen MR) is 231 cm³/mol. The highest BCUT2D eigenvalue weighted by molar-refractivity contribution is 6.06. The molecule has 0 radical (unpaired) electrons. The minimum absolute atomic E-state index is 0.00490. The van der Waals surface area contributed by atoms with Crippen molar-refractivity contribution < 1.29 is 33.5 Å². The van der Waals surface area contributed by atoms with Gasteiger partial charge in [0.25, 0.3) is 17.7 Å². The van der Waals surface area contributed by atoms with Crippen LogP contribution in [0.25, 0.3) is 11.0 Å². The molecule has 2 aliphatic rings. The number of hydrogen-bond acceptors (Lipinski definition) is 10. The SMILES string of the molecule is C=C1C[C@H]2C=Nc3cc(OCCCC(=O)Nc4cn(C)c(C(=O)Nc5cc(C(=O)Cc6cc(C(=O)n7ccc8cc(C(C)=O)cnc87)n(C)c6)n(C)c5)n4)c(C)cc3C(=O)N2C1. The number of hydrogen-bond donors (Lipinski definition) is 2. The number of rotatable bonds is 13. The first kappa shape index (κ1) is 41.1. The lowest BCUT2D eigenvalue weighted by Gasteiger charge is -2.20. The van der Waals surface area contributed by atoms with Crippen LogP contribution in [0.3, 0.4) is 0 Å². The number of aliphatic imine (C=N–C) groups is 1. The average Bonchev–Trinajstić information content (AvgIpc) is 4.05.